The maximum absolute atomic E-state index is 11.9. The van der Waals surface area contributed by atoms with Gasteiger partial charge in [0.2, 0.25) is 5.91 Å². The van der Waals surface area contributed by atoms with E-state index in [1.807, 2.05) is 6.08 Å². The first kappa shape index (κ1) is 15.2. The summed E-state index contributed by atoms with van der Waals surface area (Å²) in [5.41, 5.74) is 4.78. The molecular weight excluding hydrogens is 276 g/mol. The summed E-state index contributed by atoms with van der Waals surface area (Å²) in [5.74, 6) is -0.684. The molecule has 5 nitrogen and oxygen atoms in total. The largest absolute Gasteiger partial charge is 0.273 e. The third-order valence-electron chi connectivity index (χ3n) is 3.74. The maximum Gasteiger partial charge on any atom is 0.244 e. The van der Waals surface area contributed by atoms with E-state index in [0.717, 1.165) is 18.6 Å². The Kier molecular flexibility index (Phi) is 4.04. The topological polar surface area (TPSA) is 75.6 Å². The van der Waals surface area contributed by atoms with Crippen LogP contribution in [0.5, 0.6) is 0 Å². The van der Waals surface area contributed by atoms with Gasteiger partial charge in [0, 0.05) is 0 Å². The minimum atomic E-state index is -3.03. The van der Waals surface area contributed by atoms with E-state index < -0.39 is 15.8 Å². The molecule has 2 aliphatic rings. The van der Waals surface area contributed by atoms with Gasteiger partial charge in [-0.2, -0.15) is 5.10 Å². The van der Waals surface area contributed by atoms with Crippen LogP contribution >= 0.6 is 0 Å². The summed E-state index contributed by atoms with van der Waals surface area (Å²) in [6, 6.07) is 0. The third kappa shape index (κ3) is 3.91. The maximum atomic E-state index is 11.9. The van der Waals surface area contributed by atoms with Crippen molar-refractivity contribution in [1.29, 1.82) is 0 Å². The molecule has 1 fully saturated rings. The third-order valence-corrected chi connectivity index (χ3v) is 5.51. The van der Waals surface area contributed by atoms with E-state index in [9.17, 15) is 13.2 Å². The summed E-state index contributed by atoms with van der Waals surface area (Å²) in [7, 11) is -3.03. The first-order valence-corrected chi connectivity index (χ1v) is 8.73. The highest BCUT2D eigenvalue weighted by molar-refractivity contribution is 7.91. The molecule has 0 aromatic heterocycles. The predicted molar refractivity (Wildman–Crippen MR) is 79.1 cm³/mol. The van der Waals surface area contributed by atoms with Crippen LogP contribution in [0.3, 0.4) is 0 Å². The molecule has 1 aliphatic heterocycles. The average molecular weight is 298 g/mol. The fraction of sp³-hybridized carbons (Fsp3) is 0.714. The number of rotatable bonds is 2. The summed E-state index contributed by atoms with van der Waals surface area (Å²) >= 11 is 0. The normalized spacial score (nSPS) is 30.1. The zero-order chi connectivity index (χ0) is 15.0. The monoisotopic (exact) mass is 298 g/mol. The van der Waals surface area contributed by atoms with Crippen LogP contribution in [0.15, 0.2) is 16.8 Å². The van der Waals surface area contributed by atoms with Crippen LogP contribution in [0.1, 0.15) is 40.0 Å². The molecule has 1 N–H and O–H groups in total. The number of carbonyl (C=O) groups excluding carboxylic acids is 1. The van der Waals surface area contributed by atoms with Crippen molar-refractivity contribution in [2.24, 2.45) is 16.4 Å². The zero-order valence-corrected chi connectivity index (χ0v) is 13.1. The van der Waals surface area contributed by atoms with Crippen LogP contribution in [-0.4, -0.2) is 31.5 Å². The van der Waals surface area contributed by atoms with Gasteiger partial charge in [0.1, 0.15) is 0 Å². The van der Waals surface area contributed by atoms with E-state index in [1.54, 1.807) is 0 Å². The quantitative estimate of drug-likeness (QED) is 0.788. The van der Waals surface area contributed by atoms with Gasteiger partial charge in [-0.3, -0.25) is 4.79 Å². The minimum Gasteiger partial charge on any atom is -0.273 e. The van der Waals surface area contributed by atoms with Crippen LogP contribution in [0.4, 0.5) is 0 Å². The number of carbonyl (C=O) groups is 1. The second-order valence-electron chi connectivity index (χ2n) is 6.69. The van der Waals surface area contributed by atoms with Crippen LogP contribution in [0.25, 0.3) is 0 Å². The molecule has 0 radical (unpaired) electrons. The van der Waals surface area contributed by atoms with Crippen molar-refractivity contribution in [3.8, 4) is 0 Å². The van der Waals surface area contributed by atoms with Gasteiger partial charge in [0.25, 0.3) is 0 Å². The molecule has 0 saturated carbocycles. The number of nitrogens with one attached hydrogen (secondary N) is 1. The number of hydrogen-bond donors (Lipinski definition) is 1. The van der Waals surface area contributed by atoms with Gasteiger partial charge >= 0.3 is 0 Å². The highest BCUT2D eigenvalue weighted by Gasteiger charge is 2.33. The lowest BCUT2D eigenvalue weighted by Crippen LogP contribution is -2.30. The van der Waals surface area contributed by atoms with E-state index in [0.29, 0.717) is 6.42 Å². The van der Waals surface area contributed by atoms with Crippen molar-refractivity contribution in [3.05, 3.63) is 11.6 Å². The molecule has 0 bridgehead atoms. The molecule has 1 amide bonds. The van der Waals surface area contributed by atoms with Crippen molar-refractivity contribution >= 4 is 21.5 Å². The molecule has 0 spiro atoms. The Morgan fingerprint density at radius 3 is 2.65 bits per heavy atom. The Balaban J connectivity index is 1.99. The number of hydrogen-bond acceptors (Lipinski definition) is 4. The van der Waals surface area contributed by atoms with E-state index in [2.05, 4.69) is 31.3 Å². The lowest BCUT2D eigenvalue weighted by molar-refractivity contribution is -0.124. The summed E-state index contributed by atoms with van der Waals surface area (Å²) < 4.78 is 22.7. The Morgan fingerprint density at radius 1 is 1.40 bits per heavy atom. The van der Waals surface area contributed by atoms with E-state index in [4.69, 9.17) is 0 Å². The van der Waals surface area contributed by atoms with Gasteiger partial charge in [0.05, 0.1) is 23.1 Å². The molecule has 1 saturated heterocycles. The summed E-state index contributed by atoms with van der Waals surface area (Å²) in [4.78, 5) is 11.9. The van der Waals surface area contributed by atoms with Crippen molar-refractivity contribution in [3.63, 3.8) is 0 Å². The number of hydrazone groups is 1. The number of amides is 1. The second kappa shape index (κ2) is 5.31. The van der Waals surface area contributed by atoms with Gasteiger partial charge in [0.15, 0.2) is 9.84 Å². The number of nitrogens with zero attached hydrogens (tertiary/aromatic N) is 1. The summed E-state index contributed by atoms with van der Waals surface area (Å²) in [6.07, 6.45) is 4.24. The second-order valence-corrected chi connectivity index (χ2v) is 8.92. The number of allylic oxidation sites excluding steroid dienone is 2. The molecule has 1 atom stereocenters. The molecule has 0 aromatic rings. The van der Waals surface area contributed by atoms with Gasteiger partial charge in [-0.05, 0) is 37.7 Å². The Hall–Kier alpha value is -1.17. The van der Waals surface area contributed by atoms with Gasteiger partial charge in [-0.25, -0.2) is 13.8 Å². The smallest absolute Gasteiger partial charge is 0.244 e. The Morgan fingerprint density at radius 2 is 2.10 bits per heavy atom. The standard InChI is InChI=1S/C14H22N2O3S/c1-10-6-12(8-14(2,3)7-10)15-16-13(17)11-4-5-20(18,19)9-11/h6,11H,4-5,7-9H2,1-3H3,(H,16,17)/t11-/m1/s1. The molecule has 2 rings (SSSR count). The SMILES string of the molecule is CC1=CC(=NNC(=O)[C@@H]2CCS(=O)(=O)C2)CC(C)(C)C1. The van der Waals surface area contributed by atoms with Crippen molar-refractivity contribution in [2.75, 3.05) is 11.5 Å². The van der Waals surface area contributed by atoms with Crippen LogP contribution in [0, 0.1) is 11.3 Å². The fourth-order valence-corrected chi connectivity index (χ4v) is 4.73. The van der Waals surface area contributed by atoms with E-state index >= 15 is 0 Å². The van der Waals surface area contributed by atoms with Crippen LogP contribution in [-0.2, 0) is 14.6 Å². The van der Waals surface area contributed by atoms with Crippen LogP contribution in [0.2, 0.25) is 0 Å². The Labute approximate surface area is 120 Å². The molecule has 1 aliphatic carbocycles. The first-order valence-electron chi connectivity index (χ1n) is 6.91. The van der Waals surface area contributed by atoms with Crippen molar-refractivity contribution in [1.82, 2.24) is 5.43 Å². The lowest BCUT2D eigenvalue weighted by atomic mass is 9.77. The molecule has 20 heavy (non-hydrogen) atoms. The molecule has 0 aromatic carbocycles. The van der Waals surface area contributed by atoms with Crippen molar-refractivity contribution < 1.29 is 13.2 Å². The van der Waals surface area contributed by atoms with Crippen LogP contribution < -0.4 is 5.43 Å². The average Bonchev–Trinajstić information content (AvgIpc) is 2.64. The van der Waals surface area contributed by atoms with E-state index in [-0.39, 0.29) is 22.8 Å². The Bertz CT molecular complexity index is 573. The molecule has 6 heteroatoms. The predicted octanol–water partition coefficient (Wildman–Crippen LogP) is 1.66. The molecule has 112 valence electrons. The zero-order valence-electron chi connectivity index (χ0n) is 12.3. The highest BCUT2D eigenvalue weighted by atomic mass is 32.2. The van der Waals surface area contributed by atoms with Gasteiger partial charge < -0.3 is 0 Å². The number of sulfone groups is 1. The van der Waals surface area contributed by atoms with Gasteiger partial charge in [-0.1, -0.05) is 19.4 Å². The first-order chi connectivity index (χ1) is 9.17. The summed E-state index contributed by atoms with van der Waals surface area (Å²) in [6.45, 7) is 6.40. The van der Waals surface area contributed by atoms with Gasteiger partial charge in [-0.15, -0.1) is 0 Å². The highest BCUT2D eigenvalue weighted by Crippen LogP contribution is 2.33. The molecular formula is C14H22N2O3S. The lowest BCUT2D eigenvalue weighted by Gasteiger charge is -2.29. The van der Waals surface area contributed by atoms with Crippen molar-refractivity contribution in [2.45, 2.75) is 40.0 Å². The van der Waals surface area contributed by atoms with E-state index in [1.165, 1.54) is 5.57 Å². The molecule has 0 unspecified atom stereocenters. The summed E-state index contributed by atoms with van der Waals surface area (Å²) in [5, 5.41) is 4.17. The fourth-order valence-electron chi connectivity index (χ4n) is 2.99. The molecule has 1 heterocycles. The minimum absolute atomic E-state index is 0.0515.